The van der Waals surface area contributed by atoms with Crippen molar-refractivity contribution in [2.75, 3.05) is 18.5 Å². The highest BCUT2D eigenvalue weighted by Crippen LogP contribution is 2.23. The molecule has 0 atom stereocenters. The Morgan fingerprint density at radius 1 is 1.73 bits per heavy atom. The first-order valence-electron chi connectivity index (χ1n) is 4.71. The lowest BCUT2D eigenvalue weighted by atomic mass is 10.3. The third-order valence-electron chi connectivity index (χ3n) is 1.62. The number of nitrogens with zero attached hydrogens (tertiary/aromatic N) is 1. The summed E-state index contributed by atoms with van der Waals surface area (Å²) in [5.41, 5.74) is 0. The maximum atomic E-state index is 11.4. The molecule has 0 spiro atoms. The molecule has 0 aliphatic carbocycles. The molecule has 1 amide bonds. The van der Waals surface area contributed by atoms with Crippen molar-refractivity contribution in [2.45, 2.75) is 19.8 Å². The van der Waals surface area contributed by atoms with Crippen molar-refractivity contribution < 1.29 is 9.53 Å². The zero-order chi connectivity index (χ0) is 11.1. The smallest absolute Gasteiger partial charge is 0.226 e. The highest BCUT2D eigenvalue weighted by molar-refractivity contribution is 9.11. The highest BCUT2D eigenvalue weighted by Gasteiger charge is 2.04. The van der Waals surface area contributed by atoms with Gasteiger partial charge >= 0.3 is 0 Å². The van der Waals surface area contributed by atoms with Crippen LogP contribution in [0.1, 0.15) is 19.8 Å². The molecule has 15 heavy (non-hydrogen) atoms. The molecular weight excluding hydrogens is 280 g/mol. The van der Waals surface area contributed by atoms with Crippen LogP contribution in [-0.2, 0) is 9.53 Å². The average molecular weight is 293 g/mol. The molecule has 0 bridgehead atoms. The second-order valence-electron chi connectivity index (χ2n) is 2.82. The highest BCUT2D eigenvalue weighted by atomic mass is 79.9. The standard InChI is InChI=1S/C9H13BrN2O2S/c1-2-14-5-3-4-8(13)12-9-11-6-7(10)15-9/h6H,2-5H2,1H3,(H,11,12,13). The molecule has 1 heterocycles. The van der Waals surface area contributed by atoms with Gasteiger partial charge in [-0.05, 0) is 29.3 Å². The Kier molecular flexibility index (Phi) is 5.82. The fourth-order valence-corrected chi connectivity index (χ4v) is 2.10. The summed E-state index contributed by atoms with van der Waals surface area (Å²) in [4.78, 5) is 15.4. The van der Waals surface area contributed by atoms with Crippen LogP contribution in [0.3, 0.4) is 0 Å². The summed E-state index contributed by atoms with van der Waals surface area (Å²) in [6.45, 7) is 3.26. The molecule has 84 valence electrons. The number of halogens is 1. The van der Waals surface area contributed by atoms with Gasteiger partial charge in [-0.2, -0.15) is 0 Å². The van der Waals surface area contributed by atoms with Crippen LogP contribution < -0.4 is 5.32 Å². The number of hydrogen-bond acceptors (Lipinski definition) is 4. The number of carbonyl (C=O) groups is 1. The first-order valence-corrected chi connectivity index (χ1v) is 6.32. The van der Waals surface area contributed by atoms with Gasteiger partial charge in [-0.15, -0.1) is 0 Å². The average Bonchev–Trinajstić information content (AvgIpc) is 2.59. The monoisotopic (exact) mass is 292 g/mol. The normalized spacial score (nSPS) is 10.3. The van der Waals surface area contributed by atoms with E-state index in [4.69, 9.17) is 4.74 Å². The van der Waals surface area contributed by atoms with Crippen LogP contribution in [0.5, 0.6) is 0 Å². The van der Waals surface area contributed by atoms with E-state index in [-0.39, 0.29) is 5.91 Å². The van der Waals surface area contributed by atoms with Gasteiger partial charge in [-0.25, -0.2) is 4.98 Å². The number of anilines is 1. The third kappa shape index (κ3) is 5.25. The second-order valence-corrected chi connectivity index (χ2v) is 5.23. The number of rotatable bonds is 6. The van der Waals surface area contributed by atoms with Crippen molar-refractivity contribution >= 4 is 38.3 Å². The first kappa shape index (κ1) is 12.6. The Labute approximate surface area is 101 Å². The van der Waals surface area contributed by atoms with Gasteiger partial charge in [0.1, 0.15) is 0 Å². The van der Waals surface area contributed by atoms with Crippen molar-refractivity contribution in [1.29, 1.82) is 0 Å². The van der Waals surface area contributed by atoms with Crippen molar-refractivity contribution in [3.63, 3.8) is 0 Å². The van der Waals surface area contributed by atoms with Crippen molar-refractivity contribution in [1.82, 2.24) is 4.98 Å². The van der Waals surface area contributed by atoms with E-state index in [1.165, 1.54) is 11.3 Å². The zero-order valence-corrected chi connectivity index (χ0v) is 10.9. The van der Waals surface area contributed by atoms with E-state index in [0.29, 0.717) is 24.8 Å². The van der Waals surface area contributed by atoms with Gasteiger partial charge in [0.25, 0.3) is 0 Å². The van der Waals surface area contributed by atoms with Gasteiger partial charge in [0, 0.05) is 19.6 Å². The topological polar surface area (TPSA) is 51.2 Å². The number of aromatic nitrogens is 1. The van der Waals surface area contributed by atoms with Gasteiger partial charge in [-0.3, -0.25) is 4.79 Å². The SMILES string of the molecule is CCOCCCC(=O)Nc1ncc(Br)s1. The Bertz CT molecular complexity index is 317. The number of hydrogen-bond donors (Lipinski definition) is 1. The number of nitrogens with one attached hydrogen (secondary N) is 1. The zero-order valence-electron chi connectivity index (χ0n) is 8.46. The minimum absolute atomic E-state index is 0.0171. The van der Waals surface area contributed by atoms with E-state index < -0.39 is 0 Å². The summed E-state index contributed by atoms with van der Waals surface area (Å²) in [5, 5.41) is 3.35. The molecule has 0 aromatic carbocycles. The van der Waals surface area contributed by atoms with E-state index in [2.05, 4.69) is 26.2 Å². The van der Waals surface area contributed by atoms with Crippen molar-refractivity contribution in [3.8, 4) is 0 Å². The summed E-state index contributed by atoms with van der Waals surface area (Å²) in [7, 11) is 0. The van der Waals surface area contributed by atoms with Crippen LogP contribution in [0, 0.1) is 0 Å². The van der Waals surface area contributed by atoms with Crippen LogP contribution in [0.2, 0.25) is 0 Å². The molecule has 0 saturated heterocycles. The van der Waals surface area contributed by atoms with Gasteiger partial charge < -0.3 is 10.1 Å². The molecular formula is C9H13BrN2O2S. The van der Waals surface area contributed by atoms with E-state index in [9.17, 15) is 4.79 Å². The van der Waals surface area contributed by atoms with Gasteiger partial charge in [-0.1, -0.05) is 11.3 Å². The largest absolute Gasteiger partial charge is 0.382 e. The fraction of sp³-hybridized carbons (Fsp3) is 0.556. The quantitative estimate of drug-likeness (QED) is 0.820. The lowest BCUT2D eigenvalue weighted by Crippen LogP contribution is -2.11. The lowest BCUT2D eigenvalue weighted by molar-refractivity contribution is -0.116. The van der Waals surface area contributed by atoms with E-state index >= 15 is 0 Å². The molecule has 0 unspecified atom stereocenters. The minimum atomic E-state index is -0.0171. The molecule has 0 aliphatic heterocycles. The van der Waals surface area contributed by atoms with Crippen LogP contribution in [-0.4, -0.2) is 24.1 Å². The molecule has 6 heteroatoms. The Morgan fingerprint density at radius 2 is 2.53 bits per heavy atom. The third-order valence-corrected chi connectivity index (χ3v) is 3.01. The van der Waals surface area contributed by atoms with E-state index in [0.717, 1.165) is 10.2 Å². The minimum Gasteiger partial charge on any atom is -0.382 e. The molecule has 4 nitrogen and oxygen atoms in total. The predicted molar refractivity (Wildman–Crippen MR) is 64.2 cm³/mol. The molecule has 0 radical (unpaired) electrons. The summed E-state index contributed by atoms with van der Waals surface area (Å²) < 4.78 is 6.05. The first-order chi connectivity index (χ1) is 7.22. The van der Waals surface area contributed by atoms with Gasteiger partial charge in [0.2, 0.25) is 5.91 Å². The van der Waals surface area contributed by atoms with Crippen molar-refractivity contribution in [3.05, 3.63) is 9.98 Å². The van der Waals surface area contributed by atoms with E-state index in [1.54, 1.807) is 6.20 Å². The molecule has 0 saturated carbocycles. The van der Waals surface area contributed by atoms with Crippen LogP contribution >= 0.6 is 27.3 Å². The molecule has 0 aliphatic rings. The number of thiazole rings is 1. The lowest BCUT2D eigenvalue weighted by Gasteiger charge is -2.01. The number of ether oxygens (including phenoxy) is 1. The van der Waals surface area contributed by atoms with Crippen molar-refractivity contribution in [2.24, 2.45) is 0 Å². The summed E-state index contributed by atoms with van der Waals surface area (Å²) >= 11 is 4.68. The summed E-state index contributed by atoms with van der Waals surface area (Å²) in [6, 6.07) is 0. The van der Waals surface area contributed by atoms with Gasteiger partial charge in [0.15, 0.2) is 5.13 Å². The van der Waals surface area contributed by atoms with Crippen LogP contribution in [0.25, 0.3) is 0 Å². The van der Waals surface area contributed by atoms with Crippen LogP contribution in [0.15, 0.2) is 9.98 Å². The van der Waals surface area contributed by atoms with E-state index in [1.807, 2.05) is 6.92 Å². The number of carbonyl (C=O) groups excluding carboxylic acids is 1. The Balaban J connectivity index is 2.18. The molecule has 1 rings (SSSR count). The summed E-state index contributed by atoms with van der Waals surface area (Å²) in [5.74, 6) is -0.0171. The van der Waals surface area contributed by atoms with Gasteiger partial charge in [0.05, 0.1) is 9.98 Å². The second kappa shape index (κ2) is 6.92. The molecule has 0 fully saturated rings. The maximum absolute atomic E-state index is 11.4. The Morgan fingerprint density at radius 3 is 3.13 bits per heavy atom. The maximum Gasteiger partial charge on any atom is 0.226 e. The van der Waals surface area contributed by atoms with Crippen LogP contribution in [0.4, 0.5) is 5.13 Å². The fourth-order valence-electron chi connectivity index (χ4n) is 0.973. The number of amides is 1. The Hall–Kier alpha value is -0.460. The predicted octanol–water partition coefficient (Wildman–Crippen LogP) is 2.66. The molecule has 1 aromatic heterocycles. The molecule has 1 aromatic rings. The molecule has 1 N–H and O–H groups in total. The summed E-state index contributed by atoms with van der Waals surface area (Å²) in [6.07, 6.45) is 2.88.